The van der Waals surface area contributed by atoms with E-state index in [0.29, 0.717) is 16.3 Å². The Kier molecular flexibility index (Phi) is 3.58. The summed E-state index contributed by atoms with van der Waals surface area (Å²) >= 11 is 5.85. The van der Waals surface area contributed by atoms with Crippen molar-refractivity contribution >= 4 is 23.2 Å². The molecule has 15 heavy (non-hydrogen) atoms. The Morgan fingerprint density at radius 1 is 1.47 bits per heavy atom. The van der Waals surface area contributed by atoms with Crippen LogP contribution >= 0.6 is 11.6 Å². The predicted octanol–water partition coefficient (Wildman–Crippen LogP) is 2.40. The highest BCUT2D eigenvalue weighted by Gasteiger charge is 2.14. The van der Waals surface area contributed by atoms with Gasteiger partial charge < -0.3 is 10.6 Å². The zero-order chi connectivity index (χ0) is 11.6. The van der Waals surface area contributed by atoms with E-state index in [1.165, 1.54) is 0 Å². The third-order valence-electron chi connectivity index (χ3n) is 2.34. The lowest BCUT2D eigenvalue weighted by Crippen LogP contribution is -2.32. The van der Waals surface area contributed by atoms with Gasteiger partial charge in [-0.15, -0.1) is 0 Å². The second-order valence-electron chi connectivity index (χ2n) is 3.75. The fourth-order valence-corrected chi connectivity index (χ4v) is 1.28. The molecule has 0 unspecified atom stereocenters. The minimum Gasteiger partial charge on any atom is -0.398 e. The SMILES string of the molecule is CC(C)N(C)C(=O)c1ccc(N)c(Cl)c1. The molecule has 2 N–H and O–H groups in total. The normalized spacial score (nSPS) is 10.5. The largest absolute Gasteiger partial charge is 0.398 e. The first-order valence-electron chi connectivity index (χ1n) is 4.75. The number of benzene rings is 1. The summed E-state index contributed by atoms with van der Waals surface area (Å²) < 4.78 is 0. The van der Waals surface area contributed by atoms with Crippen molar-refractivity contribution in [2.75, 3.05) is 12.8 Å². The molecule has 0 spiro atoms. The number of amides is 1. The second kappa shape index (κ2) is 4.53. The van der Waals surface area contributed by atoms with Gasteiger partial charge in [-0.2, -0.15) is 0 Å². The first-order chi connectivity index (χ1) is 6.93. The van der Waals surface area contributed by atoms with Crippen LogP contribution in [0, 0.1) is 0 Å². The Morgan fingerprint density at radius 2 is 2.07 bits per heavy atom. The summed E-state index contributed by atoms with van der Waals surface area (Å²) in [7, 11) is 1.76. The third-order valence-corrected chi connectivity index (χ3v) is 2.67. The number of rotatable bonds is 2. The van der Waals surface area contributed by atoms with E-state index in [4.69, 9.17) is 17.3 Å². The molecule has 0 saturated heterocycles. The fourth-order valence-electron chi connectivity index (χ4n) is 1.10. The molecule has 0 atom stereocenters. The highest BCUT2D eigenvalue weighted by Crippen LogP contribution is 2.20. The van der Waals surface area contributed by atoms with Crippen LogP contribution in [0.3, 0.4) is 0 Å². The van der Waals surface area contributed by atoms with Gasteiger partial charge in [-0.05, 0) is 32.0 Å². The van der Waals surface area contributed by atoms with Gasteiger partial charge in [0.1, 0.15) is 0 Å². The number of anilines is 1. The number of carbonyl (C=O) groups is 1. The molecule has 3 nitrogen and oxygen atoms in total. The summed E-state index contributed by atoms with van der Waals surface area (Å²) in [5.74, 6) is -0.0492. The van der Waals surface area contributed by atoms with Crippen molar-refractivity contribution in [1.29, 1.82) is 0 Å². The fraction of sp³-hybridized carbons (Fsp3) is 0.364. The summed E-state index contributed by atoms with van der Waals surface area (Å²) in [5, 5.41) is 0.415. The molecule has 0 aliphatic heterocycles. The lowest BCUT2D eigenvalue weighted by atomic mass is 10.1. The summed E-state index contributed by atoms with van der Waals surface area (Å²) in [5.41, 5.74) is 6.61. The van der Waals surface area contributed by atoms with Crippen molar-refractivity contribution in [1.82, 2.24) is 4.90 Å². The zero-order valence-electron chi connectivity index (χ0n) is 9.12. The minimum atomic E-state index is -0.0492. The van der Waals surface area contributed by atoms with E-state index in [-0.39, 0.29) is 11.9 Å². The number of nitrogens with two attached hydrogens (primary N) is 1. The van der Waals surface area contributed by atoms with Crippen molar-refractivity contribution in [3.63, 3.8) is 0 Å². The number of hydrogen-bond acceptors (Lipinski definition) is 2. The Bertz CT molecular complexity index is 377. The van der Waals surface area contributed by atoms with Gasteiger partial charge in [-0.3, -0.25) is 4.79 Å². The maximum absolute atomic E-state index is 11.9. The van der Waals surface area contributed by atoms with Crippen LogP contribution in [0.1, 0.15) is 24.2 Å². The van der Waals surface area contributed by atoms with Crippen molar-refractivity contribution in [2.24, 2.45) is 0 Å². The van der Waals surface area contributed by atoms with Crippen molar-refractivity contribution in [3.05, 3.63) is 28.8 Å². The van der Waals surface area contributed by atoms with Crippen LogP contribution in [-0.2, 0) is 0 Å². The van der Waals surface area contributed by atoms with E-state index in [2.05, 4.69) is 0 Å². The van der Waals surface area contributed by atoms with Gasteiger partial charge in [-0.1, -0.05) is 11.6 Å². The molecule has 0 heterocycles. The average molecular weight is 227 g/mol. The van der Waals surface area contributed by atoms with E-state index >= 15 is 0 Å². The highest BCUT2D eigenvalue weighted by molar-refractivity contribution is 6.33. The van der Waals surface area contributed by atoms with Gasteiger partial charge in [0.15, 0.2) is 0 Å². The molecule has 82 valence electrons. The van der Waals surface area contributed by atoms with Gasteiger partial charge in [-0.25, -0.2) is 0 Å². The van der Waals surface area contributed by atoms with E-state index in [9.17, 15) is 4.79 Å². The van der Waals surface area contributed by atoms with Gasteiger partial charge in [0.05, 0.1) is 10.7 Å². The quantitative estimate of drug-likeness (QED) is 0.788. The van der Waals surface area contributed by atoms with E-state index in [1.807, 2.05) is 13.8 Å². The maximum atomic E-state index is 11.9. The summed E-state index contributed by atoms with van der Waals surface area (Å²) in [6.07, 6.45) is 0. The molecule has 0 saturated carbocycles. The lowest BCUT2D eigenvalue weighted by molar-refractivity contribution is 0.0755. The molecule has 0 aliphatic rings. The van der Waals surface area contributed by atoms with E-state index < -0.39 is 0 Å². The number of hydrogen-bond donors (Lipinski definition) is 1. The van der Waals surface area contributed by atoms with E-state index in [1.54, 1.807) is 30.1 Å². The van der Waals surface area contributed by atoms with Crippen LogP contribution in [0.5, 0.6) is 0 Å². The molecule has 0 radical (unpaired) electrons. The number of nitrogens with zero attached hydrogens (tertiary/aromatic N) is 1. The molecule has 1 amide bonds. The van der Waals surface area contributed by atoms with Crippen molar-refractivity contribution < 1.29 is 4.79 Å². The molecule has 1 aromatic carbocycles. The molecular formula is C11H15ClN2O. The topological polar surface area (TPSA) is 46.3 Å². The monoisotopic (exact) mass is 226 g/mol. The first-order valence-corrected chi connectivity index (χ1v) is 5.13. The highest BCUT2D eigenvalue weighted by atomic mass is 35.5. The average Bonchev–Trinajstić information content (AvgIpc) is 2.19. The molecule has 0 aromatic heterocycles. The zero-order valence-corrected chi connectivity index (χ0v) is 9.88. The number of halogens is 1. The van der Waals surface area contributed by atoms with Crippen LogP contribution < -0.4 is 5.73 Å². The number of nitrogen functional groups attached to an aromatic ring is 1. The summed E-state index contributed by atoms with van der Waals surface area (Å²) in [4.78, 5) is 13.5. The Hall–Kier alpha value is -1.22. The van der Waals surface area contributed by atoms with Gasteiger partial charge in [0, 0.05) is 18.7 Å². The molecule has 1 rings (SSSR count). The van der Waals surface area contributed by atoms with E-state index in [0.717, 1.165) is 0 Å². The molecule has 0 aliphatic carbocycles. The Balaban J connectivity index is 2.97. The predicted molar refractivity (Wildman–Crippen MR) is 63.1 cm³/mol. The minimum absolute atomic E-state index is 0.0492. The third kappa shape index (κ3) is 2.63. The molecule has 0 bridgehead atoms. The molecule has 0 fully saturated rings. The Morgan fingerprint density at radius 3 is 2.53 bits per heavy atom. The van der Waals surface area contributed by atoms with Crippen LogP contribution in [-0.4, -0.2) is 23.9 Å². The lowest BCUT2D eigenvalue weighted by Gasteiger charge is -2.21. The van der Waals surface area contributed by atoms with Gasteiger partial charge in [0.2, 0.25) is 0 Å². The smallest absolute Gasteiger partial charge is 0.253 e. The second-order valence-corrected chi connectivity index (χ2v) is 4.15. The van der Waals surface area contributed by atoms with Crippen LogP contribution in [0.4, 0.5) is 5.69 Å². The van der Waals surface area contributed by atoms with Crippen molar-refractivity contribution in [3.8, 4) is 0 Å². The molecule has 1 aromatic rings. The standard InChI is InChI=1S/C11H15ClN2O/c1-7(2)14(3)11(15)8-4-5-10(13)9(12)6-8/h4-7H,13H2,1-3H3. The molecule has 4 heteroatoms. The van der Waals surface area contributed by atoms with Gasteiger partial charge >= 0.3 is 0 Å². The Labute approximate surface area is 94.8 Å². The molecular weight excluding hydrogens is 212 g/mol. The number of carbonyl (C=O) groups excluding carboxylic acids is 1. The maximum Gasteiger partial charge on any atom is 0.253 e. The van der Waals surface area contributed by atoms with Crippen molar-refractivity contribution in [2.45, 2.75) is 19.9 Å². The first kappa shape index (κ1) is 11.9. The van der Waals surface area contributed by atoms with Crippen LogP contribution in [0.2, 0.25) is 5.02 Å². The summed E-state index contributed by atoms with van der Waals surface area (Å²) in [6.45, 7) is 3.91. The van der Waals surface area contributed by atoms with Crippen LogP contribution in [0.15, 0.2) is 18.2 Å². The summed E-state index contributed by atoms with van der Waals surface area (Å²) in [6, 6.07) is 5.08. The van der Waals surface area contributed by atoms with Gasteiger partial charge in [0.25, 0.3) is 5.91 Å². The van der Waals surface area contributed by atoms with Crippen LogP contribution in [0.25, 0.3) is 0 Å².